The number of nitrogens with zero attached hydrogens (tertiary/aromatic N) is 3. The van der Waals surface area contributed by atoms with Crippen molar-refractivity contribution in [1.82, 2.24) is 14.9 Å². The molecular formula is C22H21N5O3S. The van der Waals surface area contributed by atoms with Gasteiger partial charge in [-0.05, 0) is 24.6 Å². The highest BCUT2D eigenvalue weighted by molar-refractivity contribution is 7.99. The first-order valence-corrected chi connectivity index (χ1v) is 10.9. The lowest BCUT2D eigenvalue weighted by atomic mass is 9.84. The Hall–Kier alpha value is -3.46. The van der Waals surface area contributed by atoms with Gasteiger partial charge in [0.05, 0.1) is 5.75 Å². The van der Waals surface area contributed by atoms with Crippen molar-refractivity contribution in [1.29, 1.82) is 0 Å². The summed E-state index contributed by atoms with van der Waals surface area (Å²) in [5.41, 5.74) is 1.85. The van der Waals surface area contributed by atoms with Gasteiger partial charge in [-0.3, -0.25) is 14.4 Å². The summed E-state index contributed by atoms with van der Waals surface area (Å²) in [4.78, 5) is 37.9. The molecule has 1 aromatic heterocycles. The van der Waals surface area contributed by atoms with E-state index < -0.39 is 0 Å². The maximum Gasteiger partial charge on any atom is 0.234 e. The van der Waals surface area contributed by atoms with Crippen molar-refractivity contribution in [3.63, 3.8) is 0 Å². The zero-order valence-electron chi connectivity index (χ0n) is 16.9. The molecule has 2 aromatic carbocycles. The molecule has 0 aliphatic heterocycles. The van der Waals surface area contributed by atoms with Crippen molar-refractivity contribution in [3.8, 4) is 0 Å². The Bertz CT molecular complexity index is 1190. The van der Waals surface area contributed by atoms with Gasteiger partial charge in [-0.1, -0.05) is 49.4 Å². The van der Waals surface area contributed by atoms with Crippen molar-refractivity contribution in [2.45, 2.75) is 31.3 Å². The second kappa shape index (κ2) is 8.73. The van der Waals surface area contributed by atoms with E-state index in [9.17, 15) is 14.4 Å². The standard InChI is InChI=1S/C22H21N5O3S/c1-2-3-8-18-25-26-22(27(18)23)31-12-19(28)24-13-9-10-16-17(11-13)21(30)15-7-5-4-6-14(15)20(16)29/h4-7,9-11H,2-3,8,12,23H2,1H3,(H,24,28). The molecule has 4 rings (SSSR count). The number of carbonyl (C=O) groups is 3. The van der Waals surface area contributed by atoms with Crippen LogP contribution in [0.15, 0.2) is 47.6 Å². The number of rotatable bonds is 7. The summed E-state index contributed by atoms with van der Waals surface area (Å²) in [6, 6.07) is 11.5. The topological polar surface area (TPSA) is 120 Å². The van der Waals surface area contributed by atoms with Gasteiger partial charge < -0.3 is 11.2 Å². The van der Waals surface area contributed by atoms with E-state index in [0.29, 0.717) is 33.4 Å². The van der Waals surface area contributed by atoms with Crippen molar-refractivity contribution in [2.75, 3.05) is 16.9 Å². The molecule has 0 unspecified atom stereocenters. The number of fused-ring (bicyclic) bond motifs is 2. The van der Waals surface area contributed by atoms with E-state index in [1.165, 1.54) is 16.4 Å². The number of benzene rings is 2. The average Bonchev–Trinajstić information content (AvgIpc) is 3.14. The van der Waals surface area contributed by atoms with Gasteiger partial charge in [0.25, 0.3) is 0 Å². The number of aryl methyl sites for hydroxylation is 1. The molecule has 158 valence electrons. The molecule has 0 atom stereocenters. The summed E-state index contributed by atoms with van der Waals surface area (Å²) in [5, 5.41) is 11.3. The molecule has 9 heteroatoms. The smallest absolute Gasteiger partial charge is 0.234 e. The fourth-order valence-electron chi connectivity index (χ4n) is 3.42. The monoisotopic (exact) mass is 435 g/mol. The minimum absolute atomic E-state index is 0.0793. The van der Waals surface area contributed by atoms with Crippen LogP contribution in [0.25, 0.3) is 0 Å². The highest BCUT2D eigenvalue weighted by Gasteiger charge is 2.29. The Morgan fingerprint density at radius 1 is 1.03 bits per heavy atom. The van der Waals surface area contributed by atoms with E-state index >= 15 is 0 Å². The molecule has 0 fully saturated rings. The Morgan fingerprint density at radius 2 is 1.71 bits per heavy atom. The van der Waals surface area contributed by atoms with E-state index in [2.05, 4.69) is 22.4 Å². The molecular weight excluding hydrogens is 414 g/mol. The largest absolute Gasteiger partial charge is 0.336 e. The van der Waals surface area contributed by atoms with Gasteiger partial charge in [0.1, 0.15) is 0 Å². The van der Waals surface area contributed by atoms with Crippen LogP contribution >= 0.6 is 11.8 Å². The molecule has 1 aliphatic carbocycles. The van der Waals surface area contributed by atoms with Crippen LogP contribution in [0.5, 0.6) is 0 Å². The molecule has 0 saturated heterocycles. The van der Waals surface area contributed by atoms with E-state index in [1.54, 1.807) is 42.5 Å². The lowest BCUT2D eigenvalue weighted by Crippen LogP contribution is -2.22. The highest BCUT2D eigenvalue weighted by atomic mass is 32.2. The van der Waals surface area contributed by atoms with Gasteiger partial charge in [-0.2, -0.15) is 0 Å². The van der Waals surface area contributed by atoms with Crippen LogP contribution in [-0.4, -0.2) is 38.1 Å². The summed E-state index contributed by atoms with van der Waals surface area (Å²) in [7, 11) is 0. The number of thioether (sulfide) groups is 1. The van der Waals surface area contributed by atoms with Crippen LogP contribution in [-0.2, 0) is 11.2 Å². The molecule has 8 nitrogen and oxygen atoms in total. The van der Waals surface area contributed by atoms with Crippen molar-refractivity contribution >= 4 is 34.9 Å². The fraction of sp³-hybridized carbons (Fsp3) is 0.227. The number of nitrogen functional groups attached to an aromatic ring is 1. The molecule has 3 aromatic rings. The Labute approximate surface area is 183 Å². The third-order valence-corrected chi connectivity index (χ3v) is 5.97. The quantitative estimate of drug-likeness (QED) is 0.338. The molecule has 3 N–H and O–H groups in total. The number of nitrogens with two attached hydrogens (primary N) is 1. The molecule has 1 aliphatic rings. The number of nitrogens with one attached hydrogen (secondary N) is 1. The van der Waals surface area contributed by atoms with E-state index in [4.69, 9.17) is 5.84 Å². The first-order chi connectivity index (χ1) is 15.0. The molecule has 0 bridgehead atoms. The minimum Gasteiger partial charge on any atom is -0.336 e. The third kappa shape index (κ3) is 4.09. The number of amides is 1. The second-order valence-electron chi connectivity index (χ2n) is 7.17. The summed E-state index contributed by atoms with van der Waals surface area (Å²) in [6.45, 7) is 2.08. The van der Waals surface area contributed by atoms with Gasteiger partial charge in [-0.25, -0.2) is 4.68 Å². The van der Waals surface area contributed by atoms with Crippen molar-refractivity contribution in [2.24, 2.45) is 0 Å². The molecule has 1 heterocycles. The fourth-order valence-corrected chi connectivity index (χ4v) is 4.09. The van der Waals surface area contributed by atoms with Gasteiger partial charge >= 0.3 is 0 Å². The predicted molar refractivity (Wildman–Crippen MR) is 118 cm³/mol. The van der Waals surface area contributed by atoms with Gasteiger partial charge in [0, 0.05) is 34.4 Å². The van der Waals surface area contributed by atoms with Crippen LogP contribution in [0, 0.1) is 0 Å². The van der Waals surface area contributed by atoms with Gasteiger partial charge in [0.2, 0.25) is 11.1 Å². The summed E-state index contributed by atoms with van der Waals surface area (Å²) in [6.07, 6.45) is 2.72. The zero-order chi connectivity index (χ0) is 22.0. The Morgan fingerprint density at radius 3 is 2.42 bits per heavy atom. The Balaban J connectivity index is 1.44. The molecule has 0 radical (unpaired) electrons. The van der Waals surface area contributed by atoms with E-state index in [0.717, 1.165) is 19.3 Å². The predicted octanol–water partition coefficient (Wildman–Crippen LogP) is 2.84. The van der Waals surface area contributed by atoms with Crippen LogP contribution in [0.4, 0.5) is 5.69 Å². The number of anilines is 1. The molecule has 31 heavy (non-hydrogen) atoms. The van der Waals surface area contributed by atoms with Crippen LogP contribution in [0.1, 0.15) is 57.4 Å². The normalized spacial score (nSPS) is 12.4. The minimum atomic E-state index is -0.280. The number of ketones is 2. The molecule has 1 amide bonds. The van der Waals surface area contributed by atoms with Crippen LogP contribution < -0.4 is 11.2 Å². The number of unbranched alkanes of at least 4 members (excludes halogenated alkanes) is 1. The van der Waals surface area contributed by atoms with Crippen LogP contribution in [0.2, 0.25) is 0 Å². The second-order valence-corrected chi connectivity index (χ2v) is 8.12. The van der Waals surface area contributed by atoms with Gasteiger partial charge in [-0.15, -0.1) is 10.2 Å². The SMILES string of the molecule is CCCCc1nnc(SCC(=O)Nc2ccc3c(c2)C(=O)c2ccccc2C3=O)n1N. The number of hydrogen-bond donors (Lipinski definition) is 2. The number of hydrogen-bond acceptors (Lipinski definition) is 7. The Kier molecular flexibility index (Phi) is 5.85. The molecule has 0 spiro atoms. The first-order valence-electron chi connectivity index (χ1n) is 9.94. The molecule has 0 saturated carbocycles. The van der Waals surface area contributed by atoms with Crippen molar-refractivity contribution < 1.29 is 14.4 Å². The van der Waals surface area contributed by atoms with E-state index in [1.807, 2.05) is 0 Å². The average molecular weight is 436 g/mol. The summed E-state index contributed by atoms with van der Waals surface area (Å²) in [5.74, 6) is 6.05. The van der Waals surface area contributed by atoms with E-state index in [-0.39, 0.29) is 28.8 Å². The highest BCUT2D eigenvalue weighted by Crippen LogP contribution is 2.29. The number of carbonyl (C=O) groups excluding carboxylic acids is 3. The van der Waals surface area contributed by atoms with Crippen molar-refractivity contribution in [3.05, 3.63) is 70.5 Å². The first kappa shape index (κ1) is 20.8. The summed E-state index contributed by atoms with van der Waals surface area (Å²) < 4.78 is 1.41. The van der Waals surface area contributed by atoms with Crippen LogP contribution in [0.3, 0.4) is 0 Å². The lowest BCUT2D eigenvalue weighted by molar-refractivity contribution is -0.113. The maximum atomic E-state index is 12.8. The van der Waals surface area contributed by atoms with Gasteiger partial charge in [0.15, 0.2) is 17.4 Å². The third-order valence-electron chi connectivity index (χ3n) is 5.03. The lowest BCUT2D eigenvalue weighted by Gasteiger charge is -2.18. The number of aromatic nitrogens is 3. The zero-order valence-corrected chi connectivity index (χ0v) is 17.7. The maximum absolute atomic E-state index is 12.8. The summed E-state index contributed by atoms with van der Waals surface area (Å²) >= 11 is 1.18.